The Labute approximate surface area is 76.6 Å². The number of carbonyl (C=O) groups excluding carboxylic acids is 1. The first-order valence-electron chi connectivity index (χ1n) is 5.21. The molecule has 0 N–H and O–H groups in total. The molecule has 0 aliphatic rings. The monoisotopic (exact) mass is 170 g/mol. The first-order chi connectivity index (χ1) is 5.77. The van der Waals surface area contributed by atoms with E-state index in [4.69, 9.17) is 0 Å². The van der Waals surface area contributed by atoms with Crippen molar-refractivity contribution in [3.8, 4) is 0 Å². The molecule has 0 aliphatic heterocycles. The standard InChI is InChI=1S/C11H22O/c1-11(2)9-7-5-3-4-6-8-10-12/h10-11H,3-9H2,1-2H3. The van der Waals surface area contributed by atoms with Gasteiger partial charge >= 0.3 is 0 Å². The Morgan fingerprint density at radius 2 is 1.58 bits per heavy atom. The van der Waals surface area contributed by atoms with Crippen molar-refractivity contribution < 1.29 is 4.79 Å². The SMILES string of the molecule is CC(C)CCCCCCCC=O. The Hall–Kier alpha value is -0.330. The summed E-state index contributed by atoms with van der Waals surface area (Å²) in [6.45, 7) is 4.54. The fourth-order valence-corrected chi connectivity index (χ4v) is 1.31. The minimum absolute atomic E-state index is 0.754. The van der Waals surface area contributed by atoms with Crippen LogP contribution in [0, 0.1) is 5.92 Å². The van der Waals surface area contributed by atoms with Gasteiger partial charge in [0.25, 0.3) is 0 Å². The van der Waals surface area contributed by atoms with Gasteiger partial charge in [0.2, 0.25) is 0 Å². The fraction of sp³-hybridized carbons (Fsp3) is 0.909. The molecule has 0 saturated heterocycles. The van der Waals surface area contributed by atoms with E-state index in [9.17, 15) is 4.79 Å². The molecule has 0 rings (SSSR count). The molecule has 1 heteroatoms. The van der Waals surface area contributed by atoms with Gasteiger partial charge in [0, 0.05) is 6.42 Å². The Bertz CT molecular complexity index is 97.2. The van der Waals surface area contributed by atoms with Crippen molar-refractivity contribution in [1.29, 1.82) is 0 Å². The molecule has 0 spiro atoms. The zero-order chi connectivity index (χ0) is 9.23. The van der Waals surface area contributed by atoms with Gasteiger partial charge in [-0.2, -0.15) is 0 Å². The largest absolute Gasteiger partial charge is 0.303 e. The van der Waals surface area contributed by atoms with E-state index >= 15 is 0 Å². The second kappa shape index (κ2) is 8.76. The third kappa shape index (κ3) is 9.67. The lowest BCUT2D eigenvalue weighted by Crippen LogP contribution is -1.87. The van der Waals surface area contributed by atoms with E-state index in [2.05, 4.69) is 13.8 Å². The summed E-state index contributed by atoms with van der Waals surface area (Å²) in [5.41, 5.74) is 0. The van der Waals surface area contributed by atoms with Gasteiger partial charge in [0.15, 0.2) is 0 Å². The van der Waals surface area contributed by atoms with Crippen LogP contribution in [0.5, 0.6) is 0 Å². The normalized spacial score (nSPS) is 10.6. The van der Waals surface area contributed by atoms with Crippen LogP contribution in [0.15, 0.2) is 0 Å². The van der Waals surface area contributed by atoms with Crippen LogP contribution < -0.4 is 0 Å². The summed E-state index contributed by atoms with van der Waals surface area (Å²) in [6.07, 6.45) is 9.46. The quantitative estimate of drug-likeness (QED) is 0.402. The molecule has 0 aromatic heterocycles. The van der Waals surface area contributed by atoms with E-state index in [0.29, 0.717) is 0 Å². The summed E-state index contributed by atoms with van der Waals surface area (Å²) in [6, 6.07) is 0. The van der Waals surface area contributed by atoms with Gasteiger partial charge < -0.3 is 4.79 Å². The molecule has 12 heavy (non-hydrogen) atoms. The van der Waals surface area contributed by atoms with E-state index < -0.39 is 0 Å². The minimum Gasteiger partial charge on any atom is -0.303 e. The van der Waals surface area contributed by atoms with E-state index in [1.807, 2.05) is 0 Å². The highest BCUT2D eigenvalue weighted by molar-refractivity contribution is 5.48. The number of unbranched alkanes of at least 4 members (excludes halogenated alkanes) is 5. The van der Waals surface area contributed by atoms with Crippen molar-refractivity contribution in [2.75, 3.05) is 0 Å². The van der Waals surface area contributed by atoms with Crippen molar-refractivity contribution in [2.24, 2.45) is 5.92 Å². The highest BCUT2D eigenvalue weighted by Gasteiger charge is 1.93. The van der Waals surface area contributed by atoms with Crippen LogP contribution in [0.2, 0.25) is 0 Å². The van der Waals surface area contributed by atoms with Crippen LogP contribution in [0.4, 0.5) is 0 Å². The Morgan fingerprint density at radius 1 is 1.00 bits per heavy atom. The summed E-state index contributed by atoms with van der Waals surface area (Å²) < 4.78 is 0. The van der Waals surface area contributed by atoms with E-state index in [1.165, 1.54) is 32.1 Å². The Kier molecular flexibility index (Phi) is 8.52. The summed E-state index contributed by atoms with van der Waals surface area (Å²) in [7, 11) is 0. The molecule has 0 heterocycles. The predicted octanol–water partition coefficient (Wildman–Crippen LogP) is 3.57. The summed E-state index contributed by atoms with van der Waals surface area (Å²) >= 11 is 0. The van der Waals surface area contributed by atoms with Gasteiger partial charge in [-0.15, -0.1) is 0 Å². The number of aldehydes is 1. The molecular formula is C11H22O. The van der Waals surface area contributed by atoms with Crippen molar-refractivity contribution in [2.45, 2.75) is 58.8 Å². The average Bonchev–Trinajstić information content (AvgIpc) is 2.02. The zero-order valence-corrected chi connectivity index (χ0v) is 8.51. The van der Waals surface area contributed by atoms with Crippen LogP contribution in [-0.4, -0.2) is 6.29 Å². The first-order valence-corrected chi connectivity index (χ1v) is 5.21. The van der Waals surface area contributed by atoms with Gasteiger partial charge in [-0.05, 0) is 12.3 Å². The van der Waals surface area contributed by atoms with Gasteiger partial charge in [-0.3, -0.25) is 0 Å². The molecule has 0 saturated carbocycles. The predicted molar refractivity (Wildman–Crippen MR) is 53.2 cm³/mol. The first kappa shape index (κ1) is 11.7. The molecule has 0 aromatic rings. The summed E-state index contributed by atoms with van der Waals surface area (Å²) in [4.78, 5) is 9.98. The topological polar surface area (TPSA) is 17.1 Å². The van der Waals surface area contributed by atoms with Gasteiger partial charge in [-0.1, -0.05) is 46.0 Å². The van der Waals surface area contributed by atoms with Crippen molar-refractivity contribution in [3.63, 3.8) is 0 Å². The minimum atomic E-state index is 0.754. The van der Waals surface area contributed by atoms with Crippen LogP contribution in [0.1, 0.15) is 58.8 Å². The second-order valence-electron chi connectivity index (χ2n) is 3.91. The molecule has 0 aliphatic carbocycles. The van der Waals surface area contributed by atoms with E-state index in [1.54, 1.807) is 0 Å². The highest BCUT2D eigenvalue weighted by Crippen LogP contribution is 2.10. The zero-order valence-electron chi connectivity index (χ0n) is 8.51. The number of hydrogen-bond donors (Lipinski definition) is 0. The third-order valence-electron chi connectivity index (χ3n) is 2.10. The molecular weight excluding hydrogens is 148 g/mol. The fourth-order valence-electron chi connectivity index (χ4n) is 1.31. The van der Waals surface area contributed by atoms with Crippen LogP contribution in [-0.2, 0) is 4.79 Å². The molecule has 0 atom stereocenters. The molecule has 0 unspecified atom stereocenters. The molecule has 0 amide bonds. The van der Waals surface area contributed by atoms with Gasteiger partial charge in [0.05, 0.1) is 0 Å². The van der Waals surface area contributed by atoms with Crippen molar-refractivity contribution >= 4 is 6.29 Å². The Balaban J connectivity index is 2.86. The number of carbonyl (C=O) groups is 1. The molecule has 1 nitrogen and oxygen atoms in total. The molecule has 72 valence electrons. The maximum atomic E-state index is 9.98. The van der Waals surface area contributed by atoms with E-state index in [-0.39, 0.29) is 0 Å². The molecule has 0 aromatic carbocycles. The number of hydrogen-bond acceptors (Lipinski definition) is 1. The lowest BCUT2D eigenvalue weighted by Gasteiger charge is -2.03. The summed E-state index contributed by atoms with van der Waals surface area (Å²) in [5, 5.41) is 0. The lowest BCUT2D eigenvalue weighted by molar-refractivity contribution is -0.107. The van der Waals surface area contributed by atoms with Crippen LogP contribution in [0.25, 0.3) is 0 Å². The Morgan fingerprint density at radius 3 is 2.17 bits per heavy atom. The van der Waals surface area contributed by atoms with Gasteiger partial charge in [0.1, 0.15) is 6.29 Å². The smallest absolute Gasteiger partial charge is 0.119 e. The number of rotatable bonds is 8. The molecule has 0 bridgehead atoms. The average molecular weight is 170 g/mol. The highest BCUT2D eigenvalue weighted by atomic mass is 16.1. The second-order valence-corrected chi connectivity index (χ2v) is 3.91. The van der Waals surface area contributed by atoms with Crippen LogP contribution >= 0.6 is 0 Å². The third-order valence-corrected chi connectivity index (χ3v) is 2.10. The summed E-state index contributed by atoms with van der Waals surface area (Å²) in [5.74, 6) is 0.847. The van der Waals surface area contributed by atoms with Crippen LogP contribution in [0.3, 0.4) is 0 Å². The van der Waals surface area contributed by atoms with Crippen molar-refractivity contribution in [3.05, 3.63) is 0 Å². The maximum Gasteiger partial charge on any atom is 0.119 e. The van der Waals surface area contributed by atoms with Crippen molar-refractivity contribution in [1.82, 2.24) is 0 Å². The molecule has 0 radical (unpaired) electrons. The van der Waals surface area contributed by atoms with E-state index in [0.717, 1.165) is 25.0 Å². The molecule has 0 fully saturated rings. The lowest BCUT2D eigenvalue weighted by atomic mass is 10.0. The maximum absolute atomic E-state index is 9.98. The van der Waals surface area contributed by atoms with Gasteiger partial charge in [-0.25, -0.2) is 0 Å².